The number of hydrogen-bond donors (Lipinski definition) is 0. The monoisotopic (exact) mass is 462 g/mol. The molecule has 0 bridgehead atoms. The first-order chi connectivity index (χ1) is 12.8. The molecule has 2 aromatic rings. The average molecular weight is 463 g/mol. The third kappa shape index (κ3) is 4.05. The first-order valence-corrected chi connectivity index (χ1v) is 8.39. The molecule has 6 nitrogen and oxygen atoms in total. The molecule has 0 amide bonds. The summed E-state index contributed by atoms with van der Waals surface area (Å²) in [6.45, 7) is 0. The zero-order valence-corrected chi connectivity index (χ0v) is 15.0. The molecule has 0 saturated carbocycles. The Labute approximate surface area is 163 Å². The molecule has 2 rings (SSSR count). The maximum atomic E-state index is 12.9. The van der Waals surface area contributed by atoms with E-state index in [1.165, 1.54) is 6.07 Å². The number of hydrogen-bond acceptors (Lipinski definition) is 5. The maximum absolute atomic E-state index is 12.9. The lowest BCUT2D eigenvalue weighted by Gasteiger charge is -2.13. The summed E-state index contributed by atoms with van der Waals surface area (Å²) in [5, 5.41) is 10.9. The molecule has 0 N–H and O–H groups in total. The van der Waals surface area contributed by atoms with Crippen LogP contribution < -0.4 is 0 Å². The summed E-state index contributed by atoms with van der Waals surface area (Å²) in [4.78, 5) is 12.3. The van der Waals surface area contributed by atoms with Crippen molar-refractivity contribution in [3.63, 3.8) is 0 Å². The fourth-order valence-corrected chi connectivity index (χ4v) is 3.42. The predicted molar refractivity (Wildman–Crippen MR) is 83.5 cm³/mol. The van der Waals surface area contributed by atoms with Crippen LogP contribution in [-0.4, -0.2) is 25.6 Å². The Kier molecular flexibility index (Phi) is 5.91. The van der Waals surface area contributed by atoms with Crippen molar-refractivity contribution >= 4 is 45.9 Å². The molecule has 0 radical (unpaired) electrons. The van der Waals surface area contributed by atoms with Gasteiger partial charge in [0.2, 0.25) is 6.08 Å². The Hall–Kier alpha value is -2.39. The third-order valence-electron chi connectivity index (χ3n) is 3.03. The molecule has 0 aliphatic rings. The van der Waals surface area contributed by atoms with E-state index in [1.54, 1.807) is 0 Å². The molecule has 1 unspecified atom stereocenters. The quantitative estimate of drug-likeness (QED) is 0.376. The fraction of sp³-hybridized carbons (Fsp3) is 0.154. The van der Waals surface area contributed by atoms with Gasteiger partial charge in [-0.25, -0.2) is 13.7 Å². The highest BCUT2D eigenvalue weighted by molar-refractivity contribution is 7.86. The van der Waals surface area contributed by atoms with E-state index in [-0.39, 0.29) is 0 Å². The molecule has 28 heavy (non-hydrogen) atoms. The van der Waals surface area contributed by atoms with Crippen molar-refractivity contribution in [1.82, 2.24) is 9.78 Å². The molecule has 0 fully saturated rings. The number of benzene rings is 1. The van der Waals surface area contributed by atoms with Crippen LogP contribution in [0.5, 0.6) is 0 Å². The van der Waals surface area contributed by atoms with Crippen LogP contribution in [0, 0.1) is 11.3 Å². The van der Waals surface area contributed by atoms with Gasteiger partial charge in [-0.3, -0.25) is 0 Å². The molecule has 0 spiro atoms. The van der Waals surface area contributed by atoms with E-state index in [1.807, 2.05) is 0 Å². The van der Waals surface area contributed by atoms with Crippen molar-refractivity contribution in [3.8, 4) is 11.8 Å². The summed E-state index contributed by atoms with van der Waals surface area (Å²) < 4.78 is 89.1. The van der Waals surface area contributed by atoms with Crippen LogP contribution >= 0.6 is 23.2 Å². The summed E-state index contributed by atoms with van der Waals surface area (Å²) in [7, 11) is -3.85. The highest BCUT2D eigenvalue weighted by Crippen LogP contribution is 2.41. The lowest BCUT2D eigenvalue weighted by Crippen LogP contribution is -2.16. The smallest absolute Gasteiger partial charge is 0.245 e. The predicted octanol–water partition coefficient (Wildman–Crippen LogP) is 4.66. The second kappa shape index (κ2) is 7.56. The van der Waals surface area contributed by atoms with E-state index in [0.29, 0.717) is 16.8 Å². The van der Waals surface area contributed by atoms with Crippen molar-refractivity contribution in [2.45, 2.75) is 16.6 Å². The van der Waals surface area contributed by atoms with Gasteiger partial charge in [0.15, 0.2) is 22.3 Å². The Morgan fingerprint density at radius 1 is 1.14 bits per heavy atom. The van der Waals surface area contributed by atoms with Gasteiger partial charge >= 0.3 is 11.7 Å². The van der Waals surface area contributed by atoms with E-state index in [0.717, 1.165) is 6.08 Å². The van der Waals surface area contributed by atoms with Gasteiger partial charge in [-0.15, -0.1) is 4.99 Å². The molecule has 1 heterocycles. The molecule has 15 heteroatoms. The van der Waals surface area contributed by atoms with Gasteiger partial charge in [0.05, 0.1) is 15.6 Å². The Bertz CT molecular complexity index is 1040. The number of nitrogens with zero attached hydrogens (tertiary/aromatic N) is 4. The standard InChI is InChI=1S/C13H2Cl2F6N4O2S/c14-6-1-5(12(16,17)18)2-7(15)9(6)25-11(23-4-26)10(8(3-22)24-25)28(27)13(19,20)21/h1-2H. The zero-order chi connectivity index (χ0) is 21.4. The van der Waals surface area contributed by atoms with Crippen LogP contribution in [0.3, 0.4) is 0 Å². The van der Waals surface area contributed by atoms with Crippen LogP contribution in [0.2, 0.25) is 10.0 Å². The minimum Gasteiger partial charge on any atom is -0.245 e. The summed E-state index contributed by atoms with van der Waals surface area (Å²) in [6.07, 6.45) is -3.96. The van der Waals surface area contributed by atoms with Gasteiger partial charge in [0, 0.05) is 0 Å². The second-order valence-corrected chi connectivity index (χ2v) is 6.95. The van der Waals surface area contributed by atoms with Crippen molar-refractivity contribution in [1.29, 1.82) is 5.26 Å². The van der Waals surface area contributed by atoms with Crippen molar-refractivity contribution in [2.75, 3.05) is 0 Å². The minimum absolute atomic E-state index is 0.313. The van der Waals surface area contributed by atoms with Crippen LogP contribution in [0.15, 0.2) is 22.0 Å². The molecule has 1 aromatic carbocycles. The van der Waals surface area contributed by atoms with E-state index in [4.69, 9.17) is 28.5 Å². The lowest BCUT2D eigenvalue weighted by molar-refractivity contribution is -0.137. The van der Waals surface area contributed by atoms with Gasteiger partial charge in [0.1, 0.15) is 16.7 Å². The molecular weight excluding hydrogens is 461 g/mol. The molecule has 0 aliphatic heterocycles. The molecule has 1 aromatic heterocycles. The normalized spacial score (nSPS) is 13.0. The molecule has 148 valence electrons. The summed E-state index contributed by atoms with van der Waals surface area (Å²) >= 11 is 11.5. The average Bonchev–Trinajstić information content (AvgIpc) is 2.90. The largest absolute Gasteiger partial charge is 0.476 e. The number of carbonyl (C=O) groups excluding carboxylic acids is 1. The molecular formula is C13H2Cl2F6N4O2S. The molecule has 0 saturated heterocycles. The number of isocyanates is 1. The van der Waals surface area contributed by atoms with E-state index < -0.39 is 60.2 Å². The van der Waals surface area contributed by atoms with Crippen LogP contribution in [0.25, 0.3) is 5.69 Å². The van der Waals surface area contributed by atoms with E-state index in [2.05, 4.69) is 10.1 Å². The van der Waals surface area contributed by atoms with E-state index >= 15 is 0 Å². The number of rotatable bonds is 3. The van der Waals surface area contributed by atoms with Crippen LogP contribution in [-0.2, 0) is 21.8 Å². The van der Waals surface area contributed by atoms with Crippen molar-refractivity contribution in [3.05, 3.63) is 33.4 Å². The van der Waals surface area contributed by atoms with Gasteiger partial charge in [0.25, 0.3) is 0 Å². The minimum atomic E-state index is -5.36. The Balaban J connectivity index is 2.89. The highest BCUT2D eigenvalue weighted by Gasteiger charge is 2.43. The van der Waals surface area contributed by atoms with Gasteiger partial charge in [-0.05, 0) is 12.1 Å². The van der Waals surface area contributed by atoms with Gasteiger partial charge in [-0.1, -0.05) is 23.2 Å². The second-order valence-electron chi connectivity index (χ2n) is 4.73. The number of nitriles is 1. The Morgan fingerprint density at radius 2 is 1.68 bits per heavy atom. The van der Waals surface area contributed by atoms with Crippen molar-refractivity contribution < 1.29 is 35.3 Å². The SMILES string of the molecule is N#Cc1nn(-c2c(Cl)cc(C(F)(F)F)cc2Cl)c(N=C=O)c1S(=O)C(F)(F)F. The highest BCUT2D eigenvalue weighted by atomic mass is 35.5. The number of aliphatic imine (C=N–C) groups is 1. The Morgan fingerprint density at radius 3 is 2.07 bits per heavy atom. The third-order valence-corrected chi connectivity index (χ3v) is 4.77. The molecule has 0 aliphatic carbocycles. The van der Waals surface area contributed by atoms with E-state index in [9.17, 15) is 35.3 Å². The lowest BCUT2D eigenvalue weighted by atomic mass is 10.2. The zero-order valence-electron chi connectivity index (χ0n) is 12.7. The first-order valence-electron chi connectivity index (χ1n) is 6.49. The van der Waals surface area contributed by atoms with Gasteiger partial charge in [-0.2, -0.15) is 36.7 Å². The number of alkyl halides is 6. The molecule has 1 atom stereocenters. The van der Waals surface area contributed by atoms with Crippen LogP contribution in [0.4, 0.5) is 32.2 Å². The fourth-order valence-electron chi connectivity index (χ4n) is 1.98. The summed E-state index contributed by atoms with van der Waals surface area (Å²) in [6, 6.07) is 2.02. The summed E-state index contributed by atoms with van der Waals surface area (Å²) in [5.41, 5.74) is -8.32. The topological polar surface area (TPSA) is 88.1 Å². The number of halogens is 8. The first kappa shape index (κ1) is 21.9. The maximum Gasteiger partial charge on any atom is 0.476 e. The van der Waals surface area contributed by atoms with Crippen LogP contribution in [0.1, 0.15) is 11.3 Å². The number of aromatic nitrogens is 2. The van der Waals surface area contributed by atoms with Gasteiger partial charge < -0.3 is 0 Å². The van der Waals surface area contributed by atoms with Crippen molar-refractivity contribution in [2.24, 2.45) is 4.99 Å². The summed E-state index contributed by atoms with van der Waals surface area (Å²) in [5.74, 6) is -1.08.